The van der Waals surface area contributed by atoms with Crippen molar-refractivity contribution in [3.63, 3.8) is 0 Å². The lowest BCUT2D eigenvalue weighted by molar-refractivity contribution is 0.130. The quantitative estimate of drug-likeness (QED) is 0.924. The Kier molecular flexibility index (Phi) is 4.03. The van der Waals surface area contributed by atoms with Crippen LogP contribution in [0.5, 0.6) is 0 Å². The monoisotopic (exact) mass is 287 g/mol. The fourth-order valence-electron chi connectivity index (χ4n) is 3.16. The van der Waals surface area contributed by atoms with Crippen LogP contribution in [0.1, 0.15) is 31.9 Å². The molecule has 2 unspecified atom stereocenters. The summed E-state index contributed by atoms with van der Waals surface area (Å²) >= 11 is 0. The van der Waals surface area contributed by atoms with E-state index in [9.17, 15) is 9.90 Å². The summed E-state index contributed by atoms with van der Waals surface area (Å²) in [5, 5.41) is 9.59. The van der Waals surface area contributed by atoms with Gasteiger partial charge in [0.25, 0.3) is 5.56 Å². The normalized spacial score (nSPS) is 21.0. The minimum atomic E-state index is -0.286. The van der Waals surface area contributed by atoms with Crippen LogP contribution < -0.4 is 5.56 Å². The van der Waals surface area contributed by atoms with Crippen molar-refractivity contribution in [2.45, 2.75) is 44.9 Å². The molecule has 0 amide bonds. The van der Waals surface area contributed by atoms with Crippen LogP contribution in [-0.2, 0) is 6.54 Å². The van der Waals surface area contributed by atoms with Crippen LogP contribution in [0.4, 0.5) is 0 Å². The van der Waals surface area contributed by atoms with Crippen molar-refractivity contribution < 1.29 is 5.11 Å². The largest absolute Gasteiger partial charge is 0.393 e. The molecule has 0 radical (unpaired) electrons. The van der Waals surface area contributed by atoms with Crippen molar-refractivity contribution >= 4 is 5.65 Å². The molecule has 0 bridgehead atoms. The first-order valence-electron chi connectivity index (χ1n) is 7.53. The maximum atomic E-state index is 12.1. The summed E-state index contributed by atoms with van der Waals surface area (Å²) in [7, 11) is 0. The number of aliphatic hydroxyl groups is 1. The Labute approximate surface area is 123 Å². The number of aliphatic hydroxyl groups excluding tert-OH is 1. The second kappa shape index (κ2) is 5.95. The predicted molar refractivity (Wildman–Crippen MR) is 81.2 cm³/mol. The second-order valence-electron chi connectivity index (χ2n) is 5.87. The molecule has 3 heterocycles. The molecule has 112 valence electrons. The Morgan fingerprint density at radius 3 is 3.14 bits per heavy atom. The highest BCUT2D eigenvalue weighted by molar-refractivity contribution is 5.37. The molecular weight excluding hydrogens is 266 g/mol. The molecule has 2 aromatic rings. The molecule has 1 fully saturated rings. The average Bonchev–Trinajstić information content (AvgIpc) is 2.85. The van der Waals surface area contributed by atoms with Crippen molar-refractivity contribution in [2.24, 2.45) is 0 Å². The number of hydrogen-bond acceptors (Lipinski definition) is 4. The van der Waals surface area contributed by atoms with Crippen LogP contribution in [0, 0.1) is 0 Å². The molecule has 5 nitrogen and oxygen atoms in total. The van der Waals surface area contributed by atoms with Gasteiger partial charge in [0.2, 0.25) is 0 Å². The van der Waals surface area contributed by atoms with E-state index in [2.05, 4.69) is 9.88 Å². The molecule has 5 heteroatoms. The van der Waals surface area contributed by atoms with Gasteiger partial charge in [0.05, 0.1) is 11.8 Å². The van der Waals surface area contributed by atoms with Crippen molar-refractivity contribution in [2.75, 3.05) is 6.54 Å². The lowest BCUT2D eigenvalue weighted by Gasteiger charge is -2.25. The Morgan fingerprint density at radius 1 is 1.48 bits per heavy atom. The van der Waals surface area contributed by atoms with Crippen LogP contribution in [0.2, 0.25) is 0 Å². The van der Waals surface area contributed by atoms with Gasteiger partial charge in [-0.05, 0) is 44.9 Å². The lowest BCUT2D eigenvalue weighted by Crippen LogP contribution is -2.32. The van der Waals surface area contributed by atoms with E-state index in [4.69, 9.17) is 0 Å². The van der Waals surface area contributed by atoms with Crippen LogP contribution in [0.25, 0.3) is 5.65 Å². The van der Waals surface area contributed by atoms with E-state index in [1.165, 1.54) is 0 Å². The molecule has 1 aliphatic heterocycles. The SMILES string of the molecule is CC(O)CC1CCCN1Cc1cc(=O)n2ccccc2n1. The van der Waals surface area contributed by atoms with Gasteiger partial charge in [0.15, 0.2) is 0 Å². The first kappa shape index (κ1) is 14.2. The van der Waals surface area contributed by atoms with Gasteiger partial charge in [-0.25, -0.2) is 4.98 Å². The fraction of sp³-hybridized carbons (Fsp3) is 0.500. The van der Waals surface area contributed by atoms with Gasteiger partial charge in [-0.3, -0.25) is 14.1 Å². The van der Waals surface area contributed by atoms with Crippen LogP contribution in [0.3, 0.4) is 0 Å². The van der Waals surface area contributed by atoms with E-state index >= 15 is 0 Å². The summed E-state index contributed by atoms with van der Waals surface area (Å²) < 4.78 is 1.56. The van der Waals surface area contributed by atoms with E-state index < -0.39 is 0 Å². The van der Waals surface area contributed by atoms with Gasteiger partial charge in [-0.2, -0.15) is 0 Å². The third-order valence-corrected chi connectivity index (χ3v) is 4.10. The minimum absolute atomic E-state index is 0.0399. The fourth-order valence-corrected chi connectivity index (χ4v) is 3.16. The smallest absolute Gasteiger partial charge is 0.258 e. The van der Waals surface area contributed by atoms with E-state index in [0.717, 1.165) is 31.5 Å². The maximum Gasteiger partial charge on any atom is 0.258 e. The highest BCUT2D eigenvalue weighted by atomic mass is 16.3. The zero-order chi connectivity index (χ0) is 14.8. The zero-order valence-electron chi connectivity index (χ0n) is 12.3. The number of rotatable bonds is 4. The molecule has 1 aliphatic rings. The summed E-state index contributed by atoms with van der Waals surface area (Å²) in [5.41, 5.74) is 1.46. The molecule has 0 aromatic carbocycles. The second-order valence-corrected chi connectivity index (χ2v) is 5.87. The van der Waals surface area contributed by atoms with E-state index in [1.807, 2.05) is 25.1 Å². The third-order valence-electron chi connectivity index (χ3n) is 4.10. The summed E-state index contributed by atoms with van der Waals surface area (Å²) in [5.74, 6) is 0. The number of aromatic nitrogens is 2. The summed E-state index contributed by atoms with van der Waals surface area (Å²) in [6, 6.07) is 7.57. The average molecular weight is 287 g/mol. The van der Waals surface area contributed by atoms with Gasteiger partial charge in [0.1, 0.15) is 5.65 Å². The standard InChI is InChI=1S/C16H21N3O2/c1-12(20)9-14-5-4-7-18(14)11-13-10-16(21)19-8-3-2-6-15(19)17-13/h2-3,6,8,10,12,14,20H,4-5,7,9,11H2,1H3. The summed E-state index contributed by atoms with van der Waals surface area (Å²) in [6.07, 6.45) is 4.49. The molecule has 1 saturated heterocycles. The zero-order valence-corrected chi connectivity index (χ0v) is 12.3. The highest BCUT2D eigenvalue weighted by Crippen LogP contribution is 2.23. The Morgan fingerprint density at radius 2 is 2.33 bits per heavy atom. The minimum Gasteiger partial charge on any atom is -0.393 e. The maximum absolute atomic E-state index is 12.1. The molecule has 0 aliphatic carbocycles. The van der Waals surface area contributed by atoms with E-state index in [1.54, 1.807) is 16.7 Å². The van der Waals surface area contributed by atoms with Crippen molar-refractivity contribution in [1.82, 2.24) is 14.3 Å². The van der Waals surface area contributed by atoms with Crippen molar-refractivity contribution in [3.05, 3.63) is 46.5 Å². The summed E-state index contributed by atoms with van der Waals surface area (Å²) in [6.45, 7) is 3.52. The molecule has 2 atom stereocenters. The Bertz CT molecular complexity index is 681. The van der Waals surface area contributed by atoms with Crippen molar-refractivity contribution in [1.29, 1.82) is 0 Å². The van der Waals surface area contributed by atoms with E-state index in [0.29, 0.717) is 18.2 Å². The molecule has 21 heavy (non-hydrogen) atoms. The molecular formula is C16H21N3O2. The van der Waals surface area contributed by atoms with Gasteiger partial charge >= 0.3 is 0 Å². The topological polar surface area (TPSA) is 57.8 Å². The molecule has 2 aromatic heterocycles. The van der Waals surface area contributed by atoms with Gasteiger partial charge in [-0.1, -0.05) is 6.07 Å². The highest BCUT2D eigenvalue weighted by Gasteiger charge is 2.26. The number of fused-ring (bicyclic) bond motifs is 1. The molecule has 1 N–H and O–H groups in total. The van der Waals surface area contributed by atoms with Crippen LogP contribution in [-0.4, -0.2) is 38.1 Å². The number of pyridine rings is 1. The Balaban J connectivity index is 1.83. The number of likely N-dealkylation sites (tertiary alicyclic amines) is 1. The van der Waals surface area contributed by atoms with Crippen LogP contribution >= 0.6 is 0 Å². The van der Waals surface area contributed by atoms with Crippen LogP contribution in [0.15, 0.2) is 35.3 Å². The van der Waals surface area contributed by atoms with Gasteiger partial charge in [0, 0.05) is 24.8 Å². The number of hydrogen-bond donors (Lipinski definition) is 1. The molecule has 0 spiro atoms. The predicted octanol–water partition coefficient (Wildman–Crippen LogP) is 1.43. The third kappa shape index (κ3) is 3.14. The Hall–Kier alpha value is -1.72. The summed E-state index contributed by atoms with van der Waals surface area (Å²) in [4.78, 5) is 19.0. The molecule has 0 saturated carbocycles. The first-order chi connectivity index (χ1) is 10.1. The lowest BCUT2D eigenvalue weighted by atomic mass is 10.1. The molecule has 3 rings (SSSR count). The van der Waals surface area contributed by atoms with Crippen molar-refractivity contribution in [3.8, 4) is 0 Å². The first-order valence-corrected chi connectivity index (χ1v) is 7.53. The van der Waals surface area contributed by atoms with Gasteiger partial charge in [-0.15, -0.1) is 0 Å². The van der Waals surface area contributed by atoms with E-state index in [-0.39, 0.29) is 11.7 Å². The number of nitrogens with zero attached hydrogens (tertiary/aromatic N) is 3. The van der Waals surface area contributed by atoms with Gasteiger partial charge < -0.3 is 5.11 Å².